The van der Waals surface area contributed by atoms with Gasteiger partial charge in [-0.3, -0.25) is 0 Å². The fourth-order valence-corrected chi connectivity index (χ4v) is 10.5. The lowest BCUT2D eigenvalue weighted by Crippen LogP contribution is -2.33. The van der Waals surface area contributed by atoms with Crippen LogP contribution >= 0.6 is 0 Å². The first-order chi connectivity index (χ1) is 34.0. The Labute approximate surface area is 412 Å². The number of ether oxygens (including phenoxy) is 4. The predicted molar refractivity (Wildman–Crippen MR) is 226 cm³/mol. The molecule has 8 rings (SSSR count). The highest BCUT2D eigenvalue weighted by atomic mass is 32.2. The summed E-state index contributed by atoms with van der Waals surface area (Å²) in [6, 6.07) is 14.0. The van der Waals surface area contributed by atoms with Gasteiger partial charge in [-0.2, -0.15) is 86.4 Å². The molecule has 0 aromatic heterocycles. The van der Waals surface area contributed by atoms with Crippen molar-refractivity contribution in [3.63, 3.8) is 0 Å². The van der Waals surface area contributed by atoms with E-state index in [1.807, 2.05) is 0 Å². The number of rotatable bonds is 12. The first kappa shape index (κ1) is 56.6. The Morgan fingerprint density at radius 2 is 0.541 bits per heavy atom. The first-order valence-corrected chi connectivity index (χ1v) is 26.9. The summed E-state index contributed by atoms with van der Waals surface area (Å²) < 4.78 is 294. The van der Waals surface area contributed by atoms with Gasteiger partial charge < -0.3 is 35.7 Å². The van der Waals surface area contributed by atoms with Crippen molar-refractivity contribution in [1.82, 2.24) is 0 Å². The summed E-state index contributed by atoms with van der Waals surface area (Å²) in [6.45, 7) is 6.49. The van der Waals surface area contributed by atoms with Crippen LogP contribution < -0.4 is 16.7 Å². The lowest BCUT2D eigenvalue weighted by atomic mass is 9.90. The molecule has 0 amide bonds. The second-order valence-corrected chi connectivity index (χ2v) is 22.3. The molecule has 4 heterocycles. The van der Waals surface area contributed by atoms with E-state index in [2.05, 4.69) is 16.7 Å². The molecule has 0 radical (unpaired) electrons. The molecule has 74 heavy (non-hydrogen) atoms. The van der Waals surface area contributed by atoms with Gasteiger partial charge in [-0.1, -0.05) is 76.2 Å². The van der Waals surface area contributed by atoms with Crippen LogP contribution in [0, 0.1) is 0 Å². The maximum Gasteiger partial charge on any atom is 0.534 e. The minimum Gasteiger partial charge on any atom is -0.375 e. The quantitative estimate of drug-likeness (QED) is 0.0733. The lowest BCUT2D eigenvalue weighted by molar-refractivity contribution is -0.236. The van der Waals surface area contributed by atoms with E-state index in [1.54, 1.807) is 27.7 Å². The topological polar surface area (TPSA) is 210 Å². The zero-order valence-electron chi connectivity index (χ0n) is 37.8. The van der Waals surface area contributed by atoms with Crippen LogP contribution in [0.1, 0.15) is 122 Å². The fourth-order valence-electron chi connectivity index (χ4n) is 8.66. The molecule has 0 aliphatic carbocycles. The SMILES string of the molecule is CC[C@@H]1OC2(O[C@@H](CC)c3cccc(OS(=O)(=O)C(F)(F)F)c32)c2c(OS(=O)(=O)C(F)(F)F)cccc21.CC[C@@H]1OC2(O[C@H](CC)c3cccc(OS(=O)(=O)C(F)(F)F)c32)c2c(OS(=O)(=O)C(F)(F)F)cccc21. The Bertz CT molecular complexity index is 2870. The van der Waals surface area contributed by atoms with Gasteiger partial charge >= 0.3 is 62.5 Å². The molecule has 0 fully saturated rings. The van der Waals surface area contributed by atoms with Crippen molar-refractivity contribution in [1.29, 1.82) is 0 Å². The van der Waals surface area contributed by atoms with E-state index in [4.69, 9.17) is 18.9 Å². The minimum absolute atomic E-state index is 0.133. The predicted octanol–water partition coefficient (Wildman–Crippen LogP) is 10.6. The highest BCUT2D eigenvalue weighted by Gasteiger charge is 2.62. The Morgan fingerprint density at radius 3 is 0.689 bits per heavy atom. The second-order valence-electron chi connectivity index (χ2n) is 16.1. The number of alkyl halides is 12. The molecule has 5 atom stereocenters. The summed E-state index contributed by atoms with van der Waals surface area (Å²) in [5.74, 6) is -8.13. The lowest BCUT2D eigenvalue weighted by Gasteiger charge is -2.29. The van der Waals surface area contributed by atoms with Crippen molar-refractivity contribution in [2.45, 2.75) is 111 Å². The number of hydrogen-bond acceptors (Lipinski definition) is 16. The molecule has 4 aliphatic heterocycles. The third-order valence-corrected chi connectivity index (χ3v) is 15.4. The van der Waals surface area contributed by atoms with Gasteiger partial charge in [0.25, 0.3) is 0 Å². The van der Waals surface area contributed by atoms with Crippen LogP contribution in [-0.4, -0.2) is 55.7 Å². The summed E-state index contributed by atoms with van der Waals surface area (Å²) >= 11 is 0. The fraction of sp³-hybridized carbons (Fsp3) is 0.429. The van der Waals surface area contributed by atoms with E-state index < -0.39 is 121 Å². The molecular formula is C42H36F12O16S4. The summed E-state index contributed by atoms with van der Waals surface area (Å²) in [5, 5.41) is 0. The Morgan fingerprint density at radius 1 is 0.365 bits per heavy atom. The maximum absolute atomic E-state index is 13.1. The van der Waals surface area contributed by atoms with Crippen LogP contribution in [0.5, 0.6) is 23.0 Å². The molecule has 32 heteroatoms. The van der Waals surface area contributed by atoms with Crippen LogP contribution in [0.15, 0.2) is 72.8 Å². The van der Waals surface area contributed by atoms with Crippen molar-refractivity contribution < 1.29 is 122 Å². The third-order valence-electron chi connectivity index (χ3n) is 11.6. The average molecular weight is 1150 g/mol. The standard InChI is InChI=1S/2C21H18F6O8S2/c2*1-3-13-11-7-5-9-15(34-36(28,29)20(22,23)24)17(11)19(32-13)18-12(14(4-2)33-19)8-6-10-16(18)35-37(30,31)21(25,26)27/h2*5-10,13-14H,3-4H2,1-2H3/t13-,14+,19?;13-,14-,19?/m.0/s1. The molecule has 1 unspecified atom stereocenters. The summed E-state index contributed by atoms with van der Waals surface area (Å²) in [4.78, 5) is 0. The second kappa shape index (κ2) is 18.9. The smallest absolute Gasteiger partial charge is 0.375 e. The van der Waals surface area contributed by atoms with Crippen molar-refractivity contribution in [3.05, 3.63) is 117 Å². The van der Waals surface area contributed by atoms with Crippen molar-refractivity contribution in [3.8, 4) is 23.0 Å². The first-order valence-electron chi connectivity index (χ1n) is 21.3. The molecule has 2 spiro atoms. The highest BCUT2D eigenvalue weighted by molar-refractivity contribution is 7.88. The third kappa shape index (κ3) is 9.49. The molecule has 408 valence electrons. The molecule has 0 bridgehead atoms. The van der Waals surface area contributed by atoms with Crippen molar-refractivity contribution >= 4 is 40.5 Å². The Hall–Kier alpha value is -5.12. The molecular weight excluding hydrogens is 1120 g/mol. The van der Waals surface area contributed by atoms with E-state index >= 15 is 0 Å². The van der Waals surface area contributed by atoms with Crippen LogP contribution in [-0.2, 0) is 71.0 Å². The molecule has 16 nitrogen and oxygen atoms in total. The summed E-state index contributed by atoms with van der Waals surface area (Å²) in [5.41, 5.74) is -24.2. The number of hydrogen-bond donors (Lipinski definition) is 0. The van der Waals surface area contributed by atoms with Gasteiger partial charge in [0.05, 0.1) is 46.7 Å². The summed E-state index contributed by atoms with van der Waals surface area (Å²) in [7, 11) is -24.7. The molecule has 4 aromatic carbocycles. The molecule has 0 saturated carbocycles. The van der Waals surface area contributed by atoms with Gasteiger partial charge in [0.2, 0.25) is 11.6 Å². The summed E-state index contributed by atoms with van der Waals surface area (Å²) in [6.07, 6.45) is -3.09. The minimum atomic E-state index is -6.18. The normalized spacial score (nSPS) is 22.4. The van der Waals surface area contributed by atoms with Crippen LogP contribution in [0.4, 0.5) is 52.7 Å². The van der Waals surface area contributed by atoms with Crippen molar-refractivity contribution in [2.24, 2.45) is 0 Å². The maximum atomic E-state index is 13.1. The van der Waals surface area contributed by atoms with Gasteiger partial charge in [-0.15, -0.1) is 0 Å². The molecule has 4 aromatic rings. The Balaban J connectivity index is 0.000000216. The van der Waals surface area contributed by atoms with Crippen LogP contribution in [0.25, 0.3) is 0 Å². The van der Waals surface area contributed by atoms with E-state index in [1.165, 1.54) is 48.5 Å². The van der Waals surface area contributed by atoms with Crippen LogP contribution in [0.2, 0.25) is 0 Å². The number of benzene rings is 4. The van der Waals surface area contributed by atoms with E-state index in [-0.39, 0.29) is 70.2 Å². The average Bonchev–Trinajstić information content (AvgIpc) is 4.00. The van der Waals surface area contributed by atoms with Gasteiger partial charge in [0.15, 0.2) is 23.0 Å². The molecule has 0 saturated heterocycles. The monoisotopic (exact) mass is 1150 g/mol. The number of halogens is 12. The van der Waals surface area contributed by atoms with Crippen LogP contribution in [0.3, 0.4) is 0 Å². The number of fused-ring (bicyclic) bond motifs is 8. The zero-order chi connectivity index (χ0) is 55.2. The van der Waals surface area contributed by atoms with Gasteiger partial charge in [0, 0.05) is 0 Å². The van der Waals surface area contributed by atoms with E-state index in [0.717, 1.165) is 24.3 Å². The van der Waals surface area contributed by atoms with Gasteiger partial charge in [-0.05, 0) is 72.2 Å². The van der Waals surface area contributed by atoms with E-state index in [0.29, 0.717) is 0 Å². The Kier molecular flexibility index (Phi) is 14.4. The molecule has 0 N–H and O–H groups in total. The molecule has 4 aliphatic rings. The van der Waals surface area contributed by atoms with E-state index in [9.17, 15) is 86.4 Å². The van der Waals surface area contributed by atoms with Crippen molar-refractivity contribution in [2.75, 3.05) is 0 Å². The highest BCUT2D eigenvalue weighted by Crippen LogP contribution is 2.64. The van der Waals surface area contributed by atoms with Gasteiger partial charge in [0.1, 0.15) is 0 Å². The van der Waals surface area contributed by atoms with Gasteiger partial charge in [-0.25, -0.2) is 0 Å². The largest absolute Gasteiger partial charge is 0.534 e. The zero-order valence-corrected chi connectivity index (χ0v) is 41.0.